The molecular weight excluding hydrogens is 274 g/mol. The fourth-order valence-electron chi connectivity index (χ4n) is 1.09. The normalized spacial score (nSPS) is 12.4. The molecule has 1 unspecified atom stereocenters. The van der Waals surface area contributed by atoms with Crippen LogP contribution in [0.25, 0.3) is 0 Å². The summed E-state index contributed by atoms with van der Waals surface area (Å²) in [6, 6.07) is 3.70. The van der Waals surface area contributed by atoms with Crippen molar-refractivity contribution in [3.63, 3.8) is 0 Å². The SMILES string of the molecule is CC(Br)C(=O)NCCCOCc1ccco1. The molecule has 1 amide bonds. The summed E-state index contributed by atoms with van der Waals surface area (Å²) in [5.41, 5.74) is 0. The molecule has 0 aliphatic heterocycles. The molecule has 90 valence electrons. The maximum absolute atomic E-state index is 11.1. The average molecular weight is 290 g/mol. The number of hydrogen-bond donors (Lipinski definition) is 1. The molecule has 5 heteroatoms. The molecule has 0 saturated carbocycles. The van der Waals surface area contributed by atoms with Crippen LogP contribution in [0.5, 0.6) is 0 Å². The van der Waals surface area contributed by atoms with Crippen LogP contribution in [-0.4, -0.2) is 23.9 Å². The molecule has 0 aliphatic rings. The van der Waals surface area contributed by atoms with Gasteiger partial charge in [0.05, 0.1) is 11.1 Å². The Morgan fingerprint density at radius 2 is 2.50 bits per heavy atom. The first-order valence-corrected chi connectivity index (χ1v) is 6.13. The number of hydrogen-bond acceptors (Lipinski definition) is 3. The number of furan rings is 1. The molecule has 1 N–H and O–H groups in total. The highest BCUT2D eigenvalue weighted by Crippen LogP contribution is 2.01. The van der Waals surface area contributed by atoms with E-state index in [1.165, 1.54) is 0 Å². The van der Waals surface area contributed by atoms with Crippen molar-refractivity contribution in [2.24, 2.45) is 0 Å². The Morgan fingerprint density at radius 1 is 1.69 bits per heavy atom. The molecule has 1 aromatic heterocycles. The molecule has 0 fully saturated rings. The van der Waals surface area contributed by atoms with E-state index in [0.717, 1.165) is 12.2 Å². The smallest absolute Gasteiger partial charge is 0.233 e. The number of amides is 1. The molecule has 0 bridgehead atoms. The summed E-state index contributed by atoms with van der Waals surface area (Å²) in [6.07, 6.45) is 2.42. The van der Waals surface area contributed by atoms with Gasteiger partial charge in [-0.1, -0.05) is 15.9 Å². The second-order valence-corrected chi connectivity index (χ2v) is 4.77. The highest BCUT2D eigenvalue weighted by atomic mass is 79.9. The number of carbonyl (C=O) groups excluding carboxylic acids is 1. The molecule has 0 spiro atoms. The Labute approximate surface area is 103 Å². The molecule has 16 heavy (non-hydrogen) atoms. The van der Waals surface area contributed by atoms with Gasteiger partial charge in [0.15, 0.2) is 0 Å². The standard InChI is InChI=1S/C11H16BrNO3/c1-9(12)11(14)13-5-3-6-15-8-10-4-2-7-16-10/h2,4,7,9H,3,5-6,8H2,1H3,(H,13,14). The predicted molar refractivity (Wildman–Crippen MR) is 64.4 cm³/mol. The maximum Gasteiger partial charge on any atom is 0.233 e. The minimum atomic E-state index is -0.142. The zero-order valence-corrected chi connectivity index (χ0v) is 10.8. The van der Waals surface area contributed by atoms with Crippen LogP contribution in [0.2, 0.25) is 0 Å². The molecule has 1 atom stereocenters. The summed E-state index contributed by atoms with van der Waals surface area (Å²) < 4.78 is 10.5. The summed E-state index contributed by atoms with van der Waals surface area (Å²) in [4.78, 5) is 11.0. The van der Waals surface area contributed by atoms with Gasteiger partial charge in [-0.3, -0.25) is 4.79 Å². The van der Waals surface area contributed by atoms with Gasteiger partial charge in [0.2, 0.25) is 5.91 Å². The van der Waals surface area contributed by atoms with E-state index in [-0.39, 0.29) is 10.7 Å². The van der Waals surface area contributed by atoms with Gasteiger partial charge < -0.3 is 14.5 Å². The largest absolute Gasteiger partial charge is 0.467 e. The monoisotopic (exact) mass is 289 g/mol. The van der Waals surface area contributed by atoms with Gasteiger partial charge in [-0.05, 0) is 25.5 Å². The Morgan fingerprint density at radius 3 is 3.12 bits per heavy atom. The topological polar surface area (TPSA) is 51.5 Å². The maximum atomic E-state index is 11.1. The van der Waals surface area contributed by atoms with Gasteiger partial charge in [0.25, 0.3) is 0 Å². The zero-order valence-electron chi connectivity index (χ0n) is 9.24. The van der Waals surface area contributed by atoms with Gasteiger partial charge in [-0.15, -0.1) is 0 Å². The summed E-state index contributed by atoms with van der Waals surface area (Å²) in [5, 5.41) is 2.79. The van der Waals surface area contributed by atoms with Gasteiger partial charge in [-0.25, -0.2) is 0 Å². The lowest BCUT2D eigenvalue weighted by atomic mass is 10.4. The Bertz CT molecular complexity index is 298. The fourth-order valence-corrected chi connectivity index (χ4v) is 1.26. The molecule has 0 saturated heterocycles. The van der Waals surface area contributed by atoms with E-state index >= 15 is 0 Å². The van der Waals surface area contributed by atoms with Crippen LogP contribution in [0.3, 0.4) is 0 Å². The summed E-state index contributed by atoms with van der Waals surface area (Å²) in [5.74, 6) is 0.823. The van der Waals surface area contributed by atoms with E-state index in [4.69, 9.17) is 9.15 Å². The fraction of sp³-hybridized carbons (Fsp3) is 0.545. The van der Waals surface area contributed by atoms with E-state index in [1.807, 2.05) is 12.1 Å². The van der Waals surface area contributed by atoms with Crippen molar-refractivity contribution in [1.29, 1.82) is 0 Å². The second-order valence-electron chi connectivity index (χ2n) is 3.39. The number of carbonyl (C=O) groups is 1. The Balaban J connectivity index is 1.94. The number of rotatable bonds is 7. The van der Waals surface area contributed by atoms with Gasteiger partial charge in [-0.2, -0.15) is 0 Å². The van der Waals surface area contributed by atoms with Gasteiger partial charge >= 0.3 is 0 Å². The molecule has 0 radical (unpaired) electrons. The number of nitrogens with one attached hydrogen (secondary N) is 1. The minimum absolute atomic E-state index is 0.00559. The van der Waals surface area contributed by atoms with Crippen LogP contribution >= 0.6 is 15.9 Å². The second kappa shape index (κ2) is 7.46. The quantitative estimate of drug-likeness (QED) is 0.618. The predicted octanol–water partition coefficient (Wildman–Crippen LogP) is 2.09. The zero-order chi connectivity index (χ0) is 11.8. The van der Waals surface area contributed by atoms with Gasteiger partial charge in [0, 0.05) is 13.2 Å². The molecule has 1 rings (SSSR count). The van der Waals surface area contributed by atoms with E-state index in [9.17, 15) is 4.79 Å². The number of alkyl halides is 1. The highest BCUT2D eigenvalue weighted by Gasteiger charge is 2.06. The summed E-state index contributed by atoms with van der Waals surface area (Å²) >= 11 is 3.19. The van der Waals surface area contributed by atoms with Crippen molar-refractivity contribution >= 4 is 21.8 Å². The van der Waals surface area contributed by atoms with Crippen molar-refractivity contribution < 1.29 is 13.9 Å². The van der Waals surface area contributed by atoms with Crippen molar-refractivity contribution in [3.05, 3.63) is 24.2 Å². The molecule has 1 aromatic rings. The lowest BCUT2D eigenvalue weighted by Crippen LogP contribution is -2.30. The Kier molecular flexibility index (Phi) is 6.18. The first-order chi connectivity index (χ1) is 7.70. The average Bonchev–Trinajstić information content (AvgIpc) is 2.75. The van der Waals surface area contributed by atoms with Crippen LogP contribution in [0.15, 0.2) is 22.8 Å². The van der Waals surface area contributed by atoms with E-state index in [2.05, 4.69) is 21.2 Å². The van der Waals surface area contributed by atoms with Crippen LogP contribution < -0.4 is 5.32 Å². The lowest BCUT2D eigenvalue weighted by molar-refractivity contribution is -0.120. The van der Waals surface area contributed by atoms with Crippen LogP contribution in [0.1, 0.15) is 19.1 Å². The first kappa shape index (κ1) is 13.3. The molecule has 0 aliphatic carbocycles. The number of halogens is 1. The van der Waals surface area contributed by atoms with E-state index in [0.29, 0.717) is 19.8 Å². The van der Waals surface area contributed by atoms with E-state index in [1.54, 1.807) is 13.2 Å². The van der Waals surface area contributed by atoms with Crippen molar-refractivity contribution in [2.75, 3.05) is 13.2 Å². The molecule has 0 aromatic carbocycles. The summed E-state index contributed by atoms with van der Waals surface area (Å²) in [7, 11) is 0. The third-order valence-electron chi connectivity index (χ3n) is 1.95. The summed E-state index contributed by atoms with van der Waals surface area (Å²) in [6.45, 7) is 3.52. The first-order valence-electron chi connectivity index (χ1n) is 5.22. The van der Waals surface area contributed by atoms with E-state index < -0.39 is 0 Å². The van der Waals surface area contributed by atoms with Crippen molar-refractivity contribution in [1.82, 2.24) is 5.32 Å². The van der Waals surface area contributed by atoms with Crippen molar-refractivity contribution in [2.45, 2.75) is 24.8 Å². The Hall–Kier alpha value is -0.810. The number of ether oxygens (including phenoxy) is 1. The van der Waals surface area contributed by atoms with Crippen LogP contribution in [0, 0.1) is 0 Å². The molecule has 4 nitrogen and oxygen atoms in total. The third-order valence-corrected chi connectivity index (χ3v) is 2.37. The van der Waals surface area contributed by atoms with Gasteiger partial charge in [0.1, 0.15) is 12.4 Å². The minimum Gasteiger partial charge on any atom is -0.467 e. The third kappa shape index (κ3) is 5.32. The molecular formula is C11H16BrNO3. The lowest BCUT2D eigenvalue weighted by Gasteiger charge is -2.06. The van der Waals surface area contributed by atoms with Crippen LogP contribution in [-0.2, 0) is 16.1 Å². The van der Waals surface area contributed by atoms with Crippen LogP contribution in [0.4, 0.5) is 0 Å². The molecule has 1 heterocycles. The van der Waals surface area contributed by atoms with Crippen molar-refractivity contribution in [3.8, 4) is 0 Å². The highest BCUT2D eigenvalue weighted by molar-refractivity contribution is 9.10.